The lowest BCUT2D eigenvalue weighted by Gasteiger charge is -2.07. The molecule has 0 saturated heterocycles. The lowest BCUT2D eigenvalue weighted by Crippen LogP contribution is -2.25. The van der Waals surface area contributed by atoms with Crippen LogP contribution in [-0.2, 0) is 24.8 Å². The molecule has 0 aliphatic heterocycles. The van der Waals surface area contributed by atoms with Gasteiger partial charge in [0.05, 0.1) is 12.1 Å². The summed E-state index contributed by atoms with van der Waals surface area (Å²) in [4.78, 5) is 12.0. The predicted molar refractivity (Wildman–Crippen MR) is 79.4 cm³/mol. The predicted octanol–water partition coefficient (Wildman–Crippen LogP) is 2.34. The first-order valence-corrected chi connectivity index (χ1v) is 6.89. The zero-order chi connectivity index (χ0) is 15.6. The van der Waals surface area contributed by atoms with Crippen LogP contribution in [0.2, 0.25) is 0 Å². The third-order valence-corrected chi connectivity index (χ3v) is 3.72. The van der Waals surface area contributed by atoms with E-state index in [9.17, 15) is 9.18 Å². The van der Waals surface area contributed by atoms with Crippen LogP contribution < -0.4 is 5.32 Å². The fourth-order valence-corrected chi connectivity index (χ4v) is 2.24. The Hall–Kier alpha value is -2.17. The number of hydrogen-bond acceptors (Lipinski definition) is 2. The van der Waals surface area contributed by atoms with E-state index in [1.165, 1.54) is 6.07 Å². The van der Waals surface area contributed by atoms with Gasteiger partial charge in [-0.25, -0.2) is 4.39 Å². The summed E-state index contributed by atoms with van der Waals surface area (Å²) in [7, 11) is 1.86. The molecule has 0 fully saturated rings. The van der Waals surface area contributed by atoms with E-state index in [4.69, 9.17) is 0 Å². The molecule has 0 radical (unpaired) electrons. The molecule has 5 heteroatoms. The number of amides is 1. The van der Waals surface area contributed by atoms with Crippen molar-refractivity contribution in [3.63, 3.8) is 0 Å². The summed E-state index contributed by atoms with van der Waals surface area (Å²) in [5.41, 5.74) is 4.17. The Bertz CT molecular complexity index is 676. The van der Waals surface area contributed by atoms with E-state index in [1.54, 1.807) is 17.7 Å². The summed E-state index contributed by atoms with van der Waals surface area (Å²) < 4.78 is 15.2. The standard InChI is InChI=1S/C16H20FN3O/c1-10-5-6-13(7-15(10)17)9-18-16(21)8-14-11(2)19-20(4)12(14)3/h5-7H,8-9H2,1-4H3,(H,18,21). The number of benzene rings is 1. The minimum Gasteiger partial charge on any atom is -0.352 e. The molecular formula is C16H20FN3O. The zero-order valence-corrected chi connectivity index (χ0v) is 12.8. The van der Waals surface area contributed by atoms with Gasteiger partial charge in [0.1, 0.15) is 5.82 Å². The number of aryl methyl sites for hydroxylation is 3. The van der Waals surface area contributed by atoms with Crippen molar-refractivity contribution in [2.75, 3.05) is 0 Å². The fraction of sp³-hybridized carbons (Fsp3) is 0.375. The molecule has 2 aromatic rings. The van der Waals surface area contributed by atoms with Gasteiger partial charge in [0.2, 0.25) is 5.91 Å². The van der Waals surface area contributed by atoms with Crippen molar-refractivity contribution in [2.45, 2.75) is 33.7 Å². The topological polar surface area (TPSA) is 46.9 Å². The highest BCUT2D eigenvalue weighted by Crippen LogP contribution is 2.13. The summed E-state index contributed by atoms with van der Waals surface area (Å²) in [6.07, 6.45) is 0.292. The minimum absolute atomic E-state index is 0.0878. The number of hydrogen-bond donors (Lipinski definition) is 1. The first-order valence-electron chi connectivity index (χ1n) is 6.89. The van der Waals surface area contributed by atoms with E-state index in [1.807, 2.05) is 27.0 Å². The molecule has 0 aliphatic rings. The molecule has 1 aromatic carbocycles. The summed E-state index contributed by atoms with van der Waals surface area (Å²) in [5, 5.41) is 7.11. The lowest BCUT2D eigenvalue weighted by atomic mass is 10.1. The maximum absolute atomic E-state index is 13.4. The van der Waals surface area contributed by atoms with Crippen LogP contribution in [0, 0.1) is 26.6 Å². The number of rotatable bonds is 4. The molecule has 0 bridgehead atoms. The molecule has 0 atom stereocenters. The minimum atomic E-state index is -0.249. The van der Waals surface area contributed by atoms with Gasteiger partial charge in [-0.2, -0.15) is 5.10 Å². The average Bonchev–Trinajstić information content (AvgIpc) is 2.67. The molecular weight excluding hydrogens is 269 g/mol. The summed E-state index contributed by atoms with van der Waals surface area (Å²) in [5.74, 6) is -0.337. The summed E-state index contributed by atoms with van der Waals surface area (Å²) in [6.45, 7) is 5.88. The third kappa shape index (κ3) is 3.48. The SMILES string of the molecule is Cc1ccc(CNC(=O)Cc2c(C)nn(C)c2C)cc1F. The first kappa shape index (κ1) is 15.2. The fourth-order valence-electron chi connectivity index (χ4n) is 2.24. The van der Waals surface area contributed by atoms with Crippen LogP contribution in [0.5, 0.6) is 0 Å². The second kappa shape index (κ2) is 6.08. The molecule has 1 aromatic heterocycles. The van der Waals surface area contributed by atoms with E-state index in [-0.39, 0.29) is 11.7 Å². The number of carbonyl (C=O) groups is 1. The molecule has 4 nitrogen and oxygen atoms in total. The van der Waals surface area contributed by atoms with Crippen LogP contribution in [0.1, 0.15) is 28.1 Å². The maximum Gasteiger partial charge on any atom is 0.224 e. The molecule has 0 aliphatic carbocycles. The number of nitrogens with zero attached hydrogens (tertiary/aromatic N) is 2. The van der Waals surface area contributed by atoms with Crippen LogP contribution in [0.15, 0.2) is 18.2 Å². The Balaban J connectivity index is 1.97. The Morgan fingerprint density at radius 2 is 2.05 bits per heavy atom. The molecule has 0 unspecified atom stereocenters. The van der Waals surface area contributed by atoms with Crippen LogP contribution >= 0.6 is 0 Å². The van der Waals surface area contributed by atoms with E-state index in [2.05, 4.69) is 10.4 Å². The zero-order valence-electron chi connectivity index (χ0n) is 12.8. The largest absolute Gasteiger partial charge is 0.352 e. The molecule has 21 heavy (non-hydrogen) atoms. The lowest BCUT2D eigenvalue weighted by molar-refractivity contribution is -0.120. The van der Waals surface area contributed by atoms with Crippen molar-refractivity contribution in [3.8, 4) is 0 Å². The quantitative estimate of drug-likeness (QED) is 0.939. The summed E-state index contributed by atoms with van der Waals surface area (Å²) in [6, 6.07) is 4.99. The Labute approximate surface area is 124 Å². The highest BCUT2D eigenvalue weighted by Gasteiger charge is 2.13. The number of carbonyl (C=O) groups excluding carboxylic acids is 1. The highest BCUT2D eigenvalue weighted by molar-refractivity contribution is 5.79. The third-order valence-electron chi connectivity index (χ3n) is 3.72. The van der Waals surface area contributed by atoms with E-state index in [0.29, 0.717) is 18.5 Å². The van der Waals surface area contributed by atoms with E-state index in [0.717, 1.165) is 22.5 Å². The van der Waals surface area contributed by atoms with Crippen molar-refractivity contribution >= 4 is 5.91 Å². The molecule has 1 heterocycles. The summed E-state index contributed by atoms with van der Waals surface area (Å²) >= 11 is 0. The van der Waals surface area contributed by atoms with Gasteiger partial charge in [-0.3, -0.25) is 9.48 Å². The number of aromatic nitrogens is 2. The van der Waals surface area contributed by atoms with E-state index >= 15 is 0 Å². The van der Waals surface area contributed by atoms with Gasteiger partial charge in [-0.15, -0.1) is 0 Å². The highest BCUT2D eigenvalue weighted by atomic mass is 19.1. The Morgan fingerprint density at radius 1 is 1.33 bits per heavy atom. The van der Waals surface area contributed by atoms with Crippen LogP contribution in [0.3, 0.4) is 0 Å². The number of halogens is 1. The van der Waals surface area contributed by atoms with Gasteiger partial charge in [-0.1, -0.05) is 12.1 Å². The van der Waals surface area contributed by atoms with Gasteiger partial charge in [0, 0.05) is 24.8 Å². The van der Waals surface area contributed by atoms with Crippen molar-refractivity contribution in [1.29, 1.82) is 0 Å². The maximum atomic E-state index is 13.4. The first-order chi connectivity index (χ1) is 9.88. The monoisotopic (exact) mass is 289 g/mol. The Morgan fingerprint density at radius 3 is 2.62 bits per heavy atom. The van der Waals surface area contributed by atoms with Gasteiger partial charge < -0.3 is 5.32 Å². The normalized spacial score (nSPS) is 10.7. The van der Waals surface area contributed by atoms with Crippen molar-refractivity contribution in [2.24, 2.45) is 7.05 Å². The van der Waals surface area contributed by atoms with Crippen LogP contribution in [0.4, 0.5) is 4.39 Å². The number of nitrogens with one attached hydrogen (secondary N) is 1. The molecule has 0 saturated carbocycles. The van der Waals surface area contributed by atoms with Crippen molar-refractivity contribution in [1.82, 2.24) is 15.1 Å². The van der Waals surface area contributed by atoms with Crippen molar-refractivity contribution < 1.29 is 9.18 Å². The second-order valence-corrected chi connectivity index (χ2v) is 5.31. The van der Waals surface area contributed by atoms with Crippen molar-refractivity contribution in [3.05, 3.63) is 52.1 Å². The molecule has 1 amide bonds. The van der Waals surface area contributed by atoms with Gasteiger partial charge in [-0.05, 0) is 38.0 Å². The molecule has 2 rings (SSSR count). The average molecular weight is 289 g/mol. The second-order valence-electron chi connectivity index (χ2n) is 5.31. The van der Waals surface area contributed by atoms with Crippen LogP contribution in [0.25, 0.3) is 0 Å². The Kier molecular flexibility index (Phi) is 4.40. The van der Waals surface area contributed by atoms with Gasteiger partial charge >= 0.3 is 0 Å². The van der Waals surface area contributed by atoms with Gasteiger partial charge in [0.15, 0.2) is 0 Å². The smallest absolute Gasteiger partial charge is 0.224 e. The molecule has 112 valence electrons. The molecule has 0 spiro atoms. The van der Waals surface area contributed by atoms with Crippen LogP contribution in [-0.4, -0.2) is 15.7 Å². The molecule has 1 N–H and O–H groups in total. The van der Waals surface area contributed by atoms with Gasteiger partial charge in [0.25, 0.3) is 0 Å². The van der Waals surface area contributed by atoms with E-state index < -0.39 is 0 Å².